The van der Waals surface area contributed by atoms with Crippen molar-refractivity contribution in [1.29, 1.82) is 0 Å². The van der Waals surface area contributed by atoms with Gasteiger partial charge in [0.05, 0.1) is 5.69 Å². The van der Waals surface area contributed by atoms with Gasteiger partial charge in [0.1, 0.15) is 11.5 Å². The first kappa shape index (κ1) is 14.2. The minimum absolute atomic E-state index is 0.0100. The highest BCUT2D eigenvalue weighted by molar-refractivity contribution is 6.30. The molecule has 0 aliphatic carbocycles. The summed E-state index contributed by atoms with van der Waals surface area (Å²) in [6.07, 6.45) is -0.715. The Kier molecular flexibility index (Phi) is 4.48. The lowest BCUT2D eigenvalue weighted by atomic mass is 10.2. The summed E-state index contributed by atoms with van der Waals surface area (Å²) in [5.41, 5.74) is 0.346. The molecule has 0 heterocycles. The zero-order chi connectivity index (χ0) is 14.5. The average molecular weight is 292 g/mol. The number of hydrogen-bond acceptors (Lipinski definition) is 3. The molecule has 0 bridgehead atoms. The van der Waals surface area contributed by atoms with Gasteiger partial charge in [-0.1, -0.05) is 29.8 Å². The van der Waals surface area contributed by atoms with Gasteiger partial charge in [0, 0.05) is 5.02 Å². The van der Waals surface area contributed by atoms with Gasteiger partial charge in [0.25, 0.3) is 5.91 Å². The summed E-state index contributed by atoms with van der Waals surface area (Å²) in [6.45, 7) is 1.62. The van der Waals surface area contributed by atoms with Crippen LogP contribution in [-0.4, -0.2) is 17.1 Å². The Hall–Kier alpha value is -2.20. The third-order valence-electron chi connectivity index (χ3n) is 2.64. The molecule has 2 N–H and O–H groups in total. The van der Waals surface area contributed by atoms with E-state index in [9.17, 15) is 9.90 Å². The summed E-state index contributed by atoms with van der Waals surface area (Å²) in [4.78, 5) is 12.0. The molecule has 2 aromatic rings. The summed E-state index contributed by atoms with van der Waals surface area (Å²) in [6, 6.07) is 13.3. The molecule has 0 aliphatic rings. The fourth-order valence-electron chi connectivity index (χ4n) is 1.61. The van der Waals surface area contributed by atoms with E-state index in [4.69, 9.17) is 16.3 Å². The van der Waals surface area contributed by atoms with E-state index in [2.05, 4.69) is 5.32 Å². The minimum Gasteiger partial charge on any atom is -0.506 e. The fourth-order valence-corrected chi connectivity index (χ4v) is 1.79. The van der Waals surface area contributed by atoms with Gasteiger partial charge in [0.15, 0.2) is 6.10 Å². The second-order valence-electron chi connectivity index (χ2n) is 4.22. The maximum atomic E-state index is 12.0. The first-order valence-electron chi connectivity index (χ1n) is 6.07. The number of halogens is 1. The maximum absolute atomic E-state index is 12.0. The monoisotopic (exact) mass is 291 g/mol. The van der Waals surface area contributed by atoms with Gasteiger partial charge in [-0.2, -0.15) is 0 Å². The predicted octanol–water partition coefficient (Wildman–Crippen LogP) is 3.45. The first-order valence-corrected chi connectivity index (χ1v) is 6.45. The molecule has 1 unspecified atom stereocenters. The van der Waals surface area contributed by atoms with Crippen molar-refractivity contribution in [3.8, 4) is 11.5 Å². The highest BCUT2D eigenvalue weighted by Gasteiger charge is 2.16. The Labute approximate surface area is 122 Å². The van der Waals surface area contributed by atoms with Gasteiger partial charge < -0.3 is 15.2 Å². The topological polar surface area (TPSA) is 58.6 Å². The van der Waals surface area contributed by atoms with E-state index in [-0.39, 0.29) is 11.7 Å². The Balaban J connectivity index is 2.01. The Bertz CT molecular complexity index is 616. The largest absolute Gasteiger partial charge is 0.506 e. The number of aromatic hydroxyl groups is 1. The minimum atomic E-state index is -0.715. The van der Waals surface area contributed by atoms with E-state index in [0.29, 0.717) is 16.5 Å². The summed E-state index contributed by atoms with van der Waals surface area (Å²) < 4.78 is 5.49. The van der Waals surface area contributed by atoms with Gasteiger partial charge in [0.2, 0.25) is 0 Å². The van der Waals surface area contributed by atoms with E-state index in [1.165, 1.54) is 6.07 Å². The number of ether oxygens (including phenoxy) is 1. The number of amides is 1. The highest BCUT2D eigenvalue weighted by Crippen LogP contribution is 2.22. The molecular weight excluding hydrogens is 278 g/mol. The van der Waals surface area contributed by atoms with Crippen molar-refractivity contribution in [3.05, 3.63) is 53.6 Å². The van der Waals surface area contributed by atoms with Gasteiger partial charge in [-0.15, -0.1) is 0 Å². The number of benzene rings is 2. The zero-order valence-corrected chi connectivity index (χ0v) is 11.6. The SMILES string of the molecule is CC(Oc1cccc(Cl)c1)C(=O)Nc1ccccc1O. The molecule has 0 spiro atoms. The van der Waals surface area contributed by atoms with Crippen molar-refractivity contribution >= 4 is 23.2 Å². The summed E-state index contributed by atoms with van der Waals surface area (Å²) in [7, 11) is 0. The molecule has 0 aromatic heterocycles. The molecule has 0 fully saturated rings. The van der Waals surface area contributed by atoms with E-state index in [1.54, 1.807) is 49.4 Å². The fraction of sp³-hybridized carbons (Fsp3) is 0.133. The van der Waals surface area contributed by atoms with Crippen LogP contribution in [0.2, 0.25) is 5.02 Å². The van der Waals surface area contributed by atoms with Crippen molar-refractivity contribution in [2.45, 2.75) is 13.0 Å². The molecule has 104 valence electrons. The Morgan fingerprint density at radius 2 is 2.00 bits per heavy atom. The van der Waals surface area contributed by atoms with Crippen LogP contribution in [0, 0.1) is 0 Å². The lowest BCUT2D eigenvalue weighted by Gasteiger charge is -2.15. The van der Waals surface area contributed by atoms with Crippen LogP contribution in [0.5, 0.6) is 11.5 Å². The van der Waals surface area contributed by atoms with Crippen LogP contribution in [-0.2, 0) is 4.79 Å². The standard InChI is InChI=1S/C15H14ClNO3/c1-10(20-12-6-4-5-11(16)9-12)15(19)17-13-7-2-3-8-14(13)18/h2-10,18H,1H3,(H,17,19). The van der Waals surface area contributed by atoms with Crippen molar-refractivity contribution in [3.63, 3.8) is 0 Å². The second kappa shape index (κ2) is 6.30. The highest BCUT2D eigenvalue weighted by atomic mass is 35.5. The smallest absolute Gasteiger partial charge is 0.265 e. The number of phenols is 1. The molecule has 20 heavy (non-hydrogen) atoms. The third kappa shape index (κ3) is 3.65. The van der Waals surface area contributed by atoms with Crippen LogP contribution in [0.15, 0.2) is 48.5 Å². The molecule has 2 rings (SSSR count). The van der Waals surface area contributed by atoms with E-state index in [0.717, 1.165) is 0 Å². The number of nitrogens with one attached hydrogen (secondary N) is 1. The molecule has 1 atom stereocenters. The quantitative estimate of drug-likeness (QED) is 0.848. The molecule has 0 radical (unpaired) electrons. The molecule has 2 aromatic carbocycles. The number of hydrogen-bond donors (Lipinski definition) is 2. The van der Waals surface area contributed by atoms with E-state index >= 15 is 0 Å². The van der Waals surface area contributed by atoms with Crippen LogP contribution in [0.1, 0.15) is 6.92 Å². The lowest BCUT2D eigenvalue weighted by molar-refractivity contribution is -0.122. The van der Waals surface area contributed by atoms with Crippen LogP contribution < -0.4 is 10.1 Å². The molecule has 5 heteroatoms. The van der Waals surface area contributed by atoms with E-state index < -0.39 is 6.10 Å². The number of carbonyl (C=O) groups excluding carboxylic acids is 1. The summed E-state index contributed by atoms with van der Waals surface area (Å²) in [5, 5.41) is 12.7. The number of phenolic OH excluding ortho intramolecular Hbond substituents is 1. The van der Waals surface area contributed by atoms with Gasteiger partial charge in [-0.3, -0.25) is 4.79 Å². The van der Waals surface area contributed by atoms with Crippen molar-refractivity contribution < 1.29 is 14.6 Å². The van der Waals surface area contributed by atoms with Gasteiger partial charge in [-0.05, 0) is 37.3 Å². The van der Waals surface area contributed by atoms with Crippen LogP contribution in [0.25, 0.3) is 0 Å². The molecule has 0 saturated carbocycles. The first-order chi connectivity index (χ1) is 9.56. The van der Waals surface area contributed by atoms with Crippen LogP contribution >= 0.6 is 11.6 Å². The molecule has 0 aliphatic heterocycles. The number of rotatable bonds is 4. The van der Waals surface area contributed by atoms with Crippen molar-refractivity contribution in [2.75, 3.05) is 5.32 Å². The second-order valence-corrected chi connectivity index (χ2v) is 4.66. The van der Waals surface area contributed by atoms with Crippen LogP contribution in [0.4, 0.5) is 5.69 Å². The number of anilines is 1. The van der Waals surface area contributed by atoms with Crippen molar-refractivity contribution in [1.82, 2.24) is 0 Å². The molecule has 4 nitrogen and oxygen atoms in total. The normalized spacial score (nSPS) is 11.7. The summed E-state index contributed by atoms with van der Waals surface area (Å²) >= 11 is 5.84. The maximum Gasteiger partial charge on any atom is 0.265 e. The van der Waals surface area contributed by atoms with Gasteiger partial charge in [-0.25, -0.2) is 0 Å². The molecule has 0 saturated heterocycles. The average Bonchev–Trinajstić information content (AvgIpc) is 2.41. The third-order valence-corrected chi connectivity index (χ3v) is 2.88. The molecular formula is C15H14ClNO3. The van der Waals surface area contributed by atoms with Crippen LogP contribution in [0.3, 0.4) is 0 Å². The van der Waals surface area contributed by atoms with E-state index in [1.807, 2.05) is 0 Å². The molecule has 1 amide bonds. The van der Waals surface area contributed by atoms with Gasteiger partial charge >= 0.3 is 0 Å². The number of carbonyl (C=O) groups is 1. The number of para-hydroxylation sites is 2. The van der Waals surface area contributed by atoms with Crippen molar-refractivity contribution in [2.24, 2.45) is 0 Å². The Morgan fingerprint density at radius 1 is 1.25 bits per heavy atom. The lowest BCUT2D eigenvalue weighted by Crippen LogP contribution is -2.30. The Morgan fingerprint density at radius 3 is 2.70 bits per heavy atom. The zero-order valence-electron chi connectivity index (χ0n) is 10.8. The summed E-state index contributed by atoms with van der Waals surface area (Å²) in [5.74, 6) is 0.166. The predicted molar refractivity (Wildman–Crippen MR) is 78.3 cm³/mol.